The lowest BCUT2D eigenvalue weighted by Crippen LogP contribution is -2.05. The molecule has 0 unspecified atom stereocenters. The second kappa shape index (κ2) is 7.13. The maximum absolute atomic E-state index is 12.0. The molecular weight excluding hydrogens is 292 g/mol. The van der Waals surface area contributed by atoms with Gasteiger partial charge in [-0.05, 0) is 46.3 Å². The van der Waals surface area contributed by atoms with Crippen LogP contribution in [-0.4, -0.2) is 32.8 Å². The standard InChI is InChI=1S/C17H14N4O2/c22-17(23-12-4-7-14-5-2-1-3-6-14)15-8-10-16(11-9-15)21-13-18-19-20-21/h1-11,13H,12H2/b7-4-. The van der Waals surface area contributed by atoms with Crippen molar-refractivity contribution < 1.29 is 9.53 Å². The quantitative estimate of drug-likeness (QED) is 0.677. The first-order chi connectivity index (χ1) is 11.3. The van der Waals surface area contributed by atoms with Gasteiger partial charge in [0.05, 0.1) is 11.3 Å². The molecule has 0 radical (unpaired) electrons. The summed E-state index contributed by atoms with van der Waals surface area (Å²) in [6.45, 7) is 0.225. The largest absolute Gasteiger partial charge is 0.458 e. The summed E-state index contributed by atoms with van der Waals surface area (Å²) >= 11 is 0. The Morgan fingerprint density at radius 1 is 1.09 bits per heavy atom. The summed E-state index contributed by atoms with van der Waals surface area (Å²) in [5.41, 5.74) is 2.32. The van der Waals surface area contributed by atoms with Crippen molar-refractivity contribution in [3.8, 4) is 5.69 Å². The van der Waals surface area contributed by atoms with Crippen LogP contribution in [0.3, 0.4) is 0 Å². The molecule has 1 aromatic heterocycles. The zero-order valence-corrected chi connectivity index (χ0v) is 12.2. The monoisotopic (exact) mass is 306 g/mol. The van der Waals surface area contributed by atoms with E-state index in [0.29, 0.717) is 5.56 Å². The summed E-state index contributed by atoms with van der Waals surface area (Å²) in [6.07, 6.45) is 5.21. The SMILES string of the molecule is O=C(OC/C=C\c1ccccc1)c1ccc(-n2cnnn2)cc1. The van der Waals surface area contributed by atoms with E-state index in [0.717, 1.165) is 11.3 Å². The third-order valence-corrected chi connectivity index (χ3v) is 3.14. The lowest BCUT2D eigenvalue weighted by atomic mass is 10.2. The van der Waals surface area contributed by atoms with Crippen molar-refractivity contribution in [2.45, 2.75) is 0 Å². The van der Waals surface area contributed by atoms with Crippen LogP contribution in [0.2, 0.25) is 0 Å². The van der Waals surface area contributed by atoms with Gasteiger partial charge in [0.2, 0.25) is 0 Å². The van der Waals surface area contributed by atoms with Gasteiger partial charge in [-0.15, -0.1) is 5.10 Å². The molecule has 0 aliphatic heterocycles. The minimum Gasteiger partial charge on any atom is -0.458 e. The second-order valence-electron chi connectivity index (χ2n) is 4.71. The number of benzene rings is 2. The van der Waals surface area contributed by atoms with E-state index in [4.69, 9.17) is 4.74 Å². The summed E-state index contributed by atoms with van der Waals surface area (Å²) in [6, 6.07) is 16.7. The Hall–Kier alpha value is -3.28. The predicted molar refractivity (Wildman–Crippen MR) is 84.9 cm³/mol. The van der Waals surface area contributed by atoms with Gasteiger partial charge < -0.3 is 4.74 Å². The average molecular weight is 306 g/mol. The van der Waals surface area contributed by atoms with Gasteiger partial charge in [0.15, 0.2) is 0 Å². The summed E-state index contributed by atoms with van der Waals surface area (Å²) < 4.78 is 6.72. The topological polar surface area (TPSA) is 69.9 Å². The number of hydrogen-bond acceptors (Lipinski definition) is 5. The predicted octanol–water partition coefficient (Wildman–Crippen LogP) is 2.53. The van der Waals surface area contributed by atoms with Gasteiger partial charge >= 0.3 is 5.97 Å². The van der Waals surface area contributed by atoms with Crippen molar-refractivity contribution >= 4 is 12.0 Å². The van der Waals surface area contributed by atoms with Crippen LogP contribution >= 0.6 is 0 Å². The zero-order chi connectivity index (χ0) is 15.9. The van der Waals surface area contributed by atoms with Gasteiger partial charge in [0.25, 0.3) is 0 Å². The molecule has 0 fully saturated rings. The molecule has 0 spiro atoms. The fourth-order valence-electron chi connectivity index (χ4n) is 1.99. The lowest BCUT2D eigenvalue weighted by molar-refractivity contribution is 0.0550. The number of esters is 1. The fourth-order valence-corrected chi connectivity index (χ4v) is 1.99. The summed E-state index contributed by atoms with van der Waals surface area (Å²) in [4.78, 5) is 12.0. The molecule has 1 heterocycles. The van der Waals surface area contributed by atoms with Crippen molar-refractivity contribution in [2.75, 3.05) is 6.61 Å². The van der Waals surface area contributed by atoms with Crippen LogP contribution in [0, 0.1) is 0 Å². The third kappa shape index (κ3) is 3.88. The molecule has 0 saturated heterocycles. The number of nitrogens with zero attached hydrogens (tertiary/aromatic N) is 4. The number of ether oxygens (including phenoxy) is 1. The Labute approximate surface area is 133 Å². The smallest absolute Gasteiger partial charge is 0.338 e. The highest BCUT2D eigenvalue weighted by molar-refractivity contribution is 5.89. The molecule has 2 aromatic carbocycles. The molecule has 6 nitrogen and oxygen atoms in total. The maximum Gasteiger partial charge on any atom is 0.338 e. The molecule has 3 aromatic rings. The molecule has 0 saturated carbocycles. The minimum absolute atomic E-state index is 0.225. The molecular formula is C17H14N4O2. The van der Waals surface area contributed by atoms with Gasteiger partial charge in [0.1, 0.15) is 12.9 Å². The van der Waals surface area contributed by atoms with E-state index in [1.165, 1.54) is 11.0 Å². The van der Waals surface area contributed by atoms with Crippen LogP contribution in [0.1, 0.15) is 15.9 Å². The molecule has 3 rings (SSSR count). The van der Waals surface area contributed by atoms with Crippen LogP contribution in [0.15, 0.2) is 67.0 Å². The first-order valence-electron chi connectivity index (χ1n) is 7.05. The van der Waals surface area contributed by atoms with Crippen LogP contribution in [0.25, 0.3) is 11.8 Å². The van der Waals surface area contributed by atoms with E-state index < -0.39 is 0 Å². The molecule has 0 N–H and O–H groups in total. The van der Waals surface area contributed by atoms with Gasteiger partial charge in [-0.25, -0.2) is 9.48 Å². The average Bonchev–Trinajstić information content (AvgIpc) is 3.14. The third-order valence-electron chi connectivity index (χ3n) is 3.14. The number of hydrogen-bond donors (Lipinski definition) is 0. The van der Waals surface area contributed by atoms with Gasteiger partial charge in [-0.3, -0.25) is 0 Å². The Morgan fingerprint density at radius 3 is 2.57 bits per heavy atom. The van der Waals surface area contributed by atoms with Crippen LogP contribution in [0.5, 0.6) is 0 Å². The van der Waals surface area contributed by atoms with Crippen LogP contribution in [-0.2, 0) is 4.74 Å². The molecule has 6 heteroatoms. The molecule has 0 aliphatic carbocycles. The van der Waals surface area contributed by atoms with E-state index in [2.05, 4.69) is 15.5 Å². The van der Waals surface area contributed by atoms with Crippen LogP contribution < -0.4 is 0 Å². The zero-order valence-electron chi connectivity index (χ0n) is 12.2. The number of rotatable bonds is 5. The van der Waals surface area contributed by atoms with E-state index in [9.17, 15) is 4.79 Å². The number of carbonyl (C=O) groups excluding carboxylic acids is 1. The number of carbonyl (C=O) groups is 1. The molecule has 114 valence electrons. The molecule has 0 bridgehead atoms. The Bertz CT molecular complexity index is 781. The fraction of sp³-hybridized carbons (Fsp3) is 0.0588. The van der Waals surface area contributed by atoms with Crippen molar-refractivity contribution in [3.63, 3.8) is 0 Å². The van der Waals surface area contributed by atoms with Crippen molar-refractivity contribution in [3.05, 3.63) is 78.1 Å². The second-order valence-corrected chi connectivity index (χ2v) is 4.71. The molecule has 23 heavy (non-hydrogen) atoms. The van der Waals surface area contributed by atoms with Gasteiger partial charge in [-0.1, -0.05) is 36.4 Å². The highest BCUT2D eigenvalue weighted by atomic mass is 16.5. The summed E-state index contributed by atoms with van der Waals surface area (Å²) in [7, 11) is 0. The number of tetrazole rings is 1. The first-order valence-corrected chi connectivity index (χ1v) is 7.05. The molecule has 0 atom stereocenters. The van der Waals surface area contributed by atoms with Gasteiger partial charge in [-0.2, -0.15) is 0 Å². The highest BCUT2D eigenvalue weighted by Crippen LogP contribution is 2.09. The Balaban J connectivity index is 1.55. The normalized spacial score (nSPS) is 10.8. The van der Waals surface area contributed by atoms with E-state index in [1.54, 1.807) is 24.3 Å². The van der Waals surface area contributed by atoms with Crippen LogP contribution in [0.4, 0.5) is 0 Å². The molecule has 0 amide bonds. The maximum atomic E-state index is 12.0. The summed E-state index contributed by atoms with van der Waals surface area (Å²) in [5, 5.41) is 10.9. The minimum atomic E-state index is -0.369. The van der Waals surface area contributed by atoms with E-state index >= 15 is 0 Å². The first kappa shape index (κ1) is 14.6. The number of aromatic nitrogens is 4. The van der Waals surface area contributed by atoms with E-state index in [1.807, 2.05) is 42.5 Å². The Kier molecular flexibility index (Phi) is 4.54. The molecule has 0 aliphatic rings. The van der Waals surface area contributed by atoms with Crippen molar-refractivity contribution in [1.29, 1.82) is 0 Å². The Morgan fingerprint density at radius 2 is 1.87 bits per heavy atom. The lowest BCUT2D eigenvalue weighted by Gasteiger charge is -2.03. The van der Waals surface area contributed by atoms with Crippen molar-refractivity contribution in [1.82, 2.24) is 20.2 Å². The van der Waals surface area contributed by atoms with Crippen molar-refractivity contribution in [2.24, 2.45) is 0 Å². The van der Waals surface area contributed by atoms with E-state index in [-0.39, 0.29) is 12.6 Å². The highest BCUT2D eigenvalue weighted by Gasteiger charge is 2.06. The summed E-state index contributed by atoms with van der Waals surface area (Å²) in [5.74, 6) is -0.369. The van der Waals surface area contributed by atoms with Gasteiger partial charge in [0, 0.05) is 0 Å².